The van der Waals surface area contributed by atoms with E-state index in [1.807, 2.05) is 18.0 Å². The average Bonchev–Trinajstić information content (AvgIpc) is 3.38. The number of halogens is 1. The van der Waals surface area contributed by atoms with Gasteiger partial charge in [0.1, 0.15) is 0 Å². The molecule has 0 amide bonds. The Bertz CT molecular complexity index is 835. The third-order valence-electron chi connectivity index (χ3n) is 4.93. The molecule has 6 heteroatoms. The summed E-state index contributed by atoms with van der Waals surface area (Å²) in [7, 11) is 0. The Morgan fingerprint density at radius 2 is 2.00 bits per heavy atom. The summed E-state index contributed by atoms with van der Waals surface area (Å²) in [5.74, 6) is -0.456. The van der Waals surface area contributed by atoms with Gasteiger partial charge in [-0.1, -0.05) is 0 Å². The van der Waals surface area contributed by atoms with Crippen molar-refractivity contribution >= 4 is 22.3 Å². The molecule has 1 aliphatic heterocycles. The minimum absolute atomic E-state index is 0.0147. The van der Waals surface area contributed by atoms with Gasteiger partial charge in [0.2, 0.25) is 0 Å². The Morgan fingerprint density at radius 1 is 1.30 bits per heavy atom. The van der Waals surface area contributed by atoms with Crippen LogP contribution in [0.4, 0.5) is 15.8 Å². The Morgan fingerprint density at radius 3 is 2.65 bits per heavy atom. The van der Waals surface area contributed by atoms with Crippen LogP contribution in [0.25, 0.3) is 10.9 Å². The number of benzene rings is 1. The van der Waals surface area contributed by atoms with Crippen molar-refractivity contribution in [3.63, 3.8) is 0 Å². The van der Waals surface area contributed by atoms with Crippen LogP contribution in [0.2, 0.25) is 0 Å². The minimum Gasteiger partial charge on any atom is -0.396 e. The van der Waals surface area contributed by atoms with Crippen LogP contribution < -0.4 is 21.4 Å². The van der Waals surface area contributed by atoms with Crippen molar-refractivity contribution in [2.75, 3.05) is 36.8 Å². The number of aryl methyl sites for hydroxylation is 1. The van der Waals surface area contributed by atoms with Gasteiger partial charge in [-0.25, -0.2) is 4.39 Å². The van der Waals surface area contributed by atoms with Crippen LogP contribution in [0.15, 0.2) is 17.1 Å². The van der Waals surface area contributed by atoms with Gasteiger partial charge in [0.05, 0.1) is 22.3 Å². The van der Waals surface area contributed by atoms with Crippen LogP contribution >= 0.6 is 0 Å². The van der Waals surface area contributed by atoms with Crippen molar-refractivity contribution in [3.05, 3.63) is 33.9 Å². The van der Waals surface area contributed by atoms with E-state index in [4.69, 9.17) is 5.73 Å². The van der Waals surface area contributed by atoms with E-state index in [0.29, 0.717) is 17.1 Å². The van der Waals surface area contributed by atoms with Gasteiger partial charge in [-0.15, -0.1) is 0 Å². The van der Waals surface area contributed by atoms with Crippen molar-refractivity contribution in [1.82, 2.24) is 9.88 Å². The van der Waals surface area contributed by atoms with Gasteiger partial charge < -0.3 is 20.5 Å². The van der Waals surface area contributed by atoms with Gasteiger partial charge in [0.25, 0.3) is 0 Å². The molecule has 5 nitrogen and oxygen atoms in total. The highest BCUT2D eigenvalue weighted by atomic mass is 19.1. The van der Waals surface area contributed by atoms with Crippen molar-refractivity contribution in [1.29, 1.82) is 0 Å². The van der Waals surface area contributed by atoms with E-state index >= 15 is 0 Å². The quantitative estimate of drug-likeness (QED) is 0.829. The fraction of sp³-hybridized carbons (Fsp3) is 0.471. The minimum atomic E-state index is -0.456. The highest BCUT2D eigenvalue weighted by molar-refractivity contribution is 5.97. The topological polar surface area (TPSA) is 63.3 Å². The van der Waals surface area contributed by atoms with Crippen LogP contribution in [0.5, 0.6) is 0 Å². The highest BCUT2D eigenvalue weighted by Crippen LogP contribution is 2.41. The molecule has 1 aromatic heterocycles. The summed E-state index contributed by atoms with van der Waals surface area (Å²) in [6.07, 6.45) is 4.02. The number of nitrogens with zero attached hydrogens (tertiary/aromatic N) is 2. The number of nitrogens with two attached hydrogens (primary N) is 1. The molecule has 2 fully saturated rings. The monoisotopic (exact) mass is 316 g/mol. The number of piperazine rings is 1. The zero-order valence-electron chi connectivity index (χ0n) is 13.2. The Kier molecular flexibility index (Phi) is 3.30. The lowest BCUT2D eigenvalue weighted by Crippen LogP contribution is -2.44. The number of rotatable bonds is 2. The summed E-state index contributed by atoms with van der Waals surface area (Å²) in [5, 5.41) is 3.60. The molecule has 4 rings (SSSR count). The Balaban J connectivity index is 2.04. The van der Waals surface area contributed by atoms with Crippen LogP contribution in [-0.2, 0) is 0 Å². The molecule has 1 aliphatic carbocycles. The molecule has 3 N–H and O–H groups in total. The van der Waals surface area contributed by atoms with E-state index in [0.717, 1.165) is 50.1 Å². The molecular weight excluding hydrogens is 295 g/mol. The number of fused-ring (bicyclic) bond motifs is 1. The maximum atomic E-state index is 15.0. The highest BCUT2D eigenvalue weighted by Gasteiger charge is 2.29. The summed E-state index contributed by atoms with van der Waals surface area (Å²) >= 11 is 0. The normalized spacial score (nSPS) is 18.6. The van der Waals surface area contributed by atoms with Gasteiger partial charge in [0, 0.05) is 44.5 Å². The molecule has 0 spiro atoms. The fourth-order valence-electron chi connectivity index (χ4n) is 3.63. The number of nitrogen functional groups attached to an aromatic ring is 1. The smallest absolute Gasteiger partial charge is 0.191 e. The zero-order valence-corrected chi connectivity index (χ0v) is 13.2. The van der Waals surface area contributed by atoms with E-state index in [2.05, 4.69) is 9.88 Å². The van der Waals surface area contributed by atoms with Gasteiger partial charge >= 0.3 is 0 Å². The van der Waals surface area contributed by atoms with Crippen molar-refractivity contribution in [2.45, 2.75) is 25.8 Å². The van der Waals surface area contributed by atoms with Gasteiger partial charge in [-0.2, -0.15) is 0 Å². The lowest BCUT2D eigenvalue weighted by Gasteiger charge is -2.32. The van der Waals surface area contributed by atoms with E-state index in [-0.39, 0.29) is 11.1 Å². The molecular formula is C17H21FN4O. The molecule has 0 atom stereocenters. The van der Waals surface area contributed by atoms with Crippen LogP contribution in [0.3, 0.4) is 0 Å². The van der Waals surface area contributed by atoms with Crippen molar-refractivity contribution < 1.29 is 4.39 Å². The number of nitrogens with one attached hydrogen (secondary N) is 1. The summed E-state index contributed by atoms with van der Waals surface area (Å²) in [5.41, 5.74) is 8.00. The number of pyridine rings is 1. The first-order chi connectivity index (χ1) is 11.1. The molecule has 122 valence electrons. The number of anilines is 2. The maximum absolute atomic E-state index is 15.0. The SMILES string of the molecule is Cc1c(N2CCNCC2)c(F)c(N)c2c(=O)ccn(C3CC3)c12. The maximum Gasteiger partial charge on any atom is 0.191 e. The van der Waals surface area contributed by atoms with Crippen molar-refractivity contribution in [3.8, 4) is 0 Å². The van der Waals surface area contributed by atoms with Crippen LogP contribution in [0, 0.1) is 12.7 Å². The molecule has 2 aromatic rings. The average molecular weight is 316 g/mol. The molecule has 23 heavy (non-hydrogen) atoms. The molecule has 2 heterocycles. The van der Waals surface area contributed by atoms with E-state index < -0.39 is 5.82 Å². The third kappa shape index (κ3) is 2.20. The molecule has 1 aromatic carbocycles. The first-order valence-electron chi connectivity index (χ1n) is 8.17. The Hall–Kier alpha value is -2.08. The predicted octanol–water partition coefficient (Wildman–Crippen LogP) is 1.78. The van der Waals surface area contributed by atoms with Gasteiger partial charge in [0.15, 0.2) is 11.2 Å². The van der Waals surface area contributed by atoms with Crippen LogP contribution in [-0.4, -0.2) is 30.7 Å². The van der Waals surface area contributed by atoms with Gasteiger partial charge in [-0.05, 0) is 25.3 Å². The van der Waals surface area contributed by atoms with E-state index in [9.17, 15) is 9.18 Å². The summed E-state index contributed by atoms with van der Waals surface area (Å²) in [6.45, 7) is 5.02. The lowest BCUT2D eigenvalue weighted by molar-refractivity contribution is 0.567. The summed E-state index contributed by atoms with van der Waals surface area (Å²) < 4.78 is 17.1. The largest absolute Gasteiger partial charge is 0.396 e. The molecule has 0 unspecified atom stereocenters. The number of hydrogen-bond acceptors (Lipinski definition) is 4. The predicted molar refractivity (Wildman–Crippen MR) is 90.7 cm³/mol. The second kappa shape index (κ2) is 5.23. The summed E-state index contributed by atoms with van der Waals surface area (Å²) in [4.78, 5) is 14.3. The molecule has 0 radical (unpaired) electrons. The lowest BCUT2D eigenvalue weighted by atomic mass is 10.0. The molecule has 2 aliphatic rings. The first kappa shape index (κ1) is 14.5. The second-order valence-electron chi connectivity index (χ2n) is 6.48. The standard InChI is InChI=1S/C17H21FN4O/c1-10-16-13(12(23)4-7-22(16)11-2-3-11)15(19)14(18)17(10)21-8-5-20-6-9-21/h4,7,11,20H,2-3,5-6,8-9,19H2,1H3. The Labute approximate surface area is 133 Å². The first-order valence-corrected chi connectivity index (χ1v) is 8.17. The van der Waals surface area contributed by atoms with E-state index in [1.165, 1.54) is 6.07 Å². The fourth-order valence-corrected chi connectivity index (χ4v) is 3.63. The molecule has 0 bridgehead atoms. The van der Waals surface area contributed by atoms with Crippen LogP contribution in [0.1, 0.15) is 24.4 Å². The third-order valence-corrected chi connectivity index (χ3v) is 4.93. The zero-order chi connectivity index (χ0) is 16.1. The molecule has 1 saturated carbocycles. The number of hydrogen-bond donors (Lipinski definition) is 2. The number of aromatic nitrogens is 1. The summed E-state index contributed by atoms with van der Waals surface area (Å²) in [6, 6.07) is 1.90. The molecule has 1 saturated heterocycles. The van der Waals surface area contributed by atoms with E-state index in [1.54, 1.807) is 0 Å². The van der Waals surface area contributed by atoms with Gasteiger partial charge in [-0.3, -0.25) is 4.79 Å². The van der Waals surface area contributed by atoms with Crippen molar-refractivity contribution in [2.24, 2.45) is 0 Å². The second-order valence-corrected chi connectivity index (χ2v) is 6.48.